The summed E-state index contributed by atoms with van der Waals surface area (Å²) in [5, 5.41) is 4.80. The number of nitrogens with zero attached hydrogens (tertiary/aromatic N) is 3. The molecule has 0 bridgehead atoms. The van der Waals surface area contributed by atoms with Crippen LogP contribution in [0.4, 0.5) is 5.69 Å². The summed E-state index contributed by atoms with van der Waals surface area (Å²) in [6, 6.07) is 13.2. The predicted octanol–water partition coefficient (Wildman–Crippen LogP) is 3.76. The SMILES string of the molecule is COC(=O)C1=C(C)N=C2S/C(=N\Nc3ccccc3C(C)=O)C(=O)N2C1c1ccc(OC)cc1. The second kappa shape index (κ2) is 9.52. The molecule has 0 aliphatic carbocycles. The maximum atomic E-state index is 13.4. The number of ketones is 1. The van der Waals surface area contributed by atoms with E-state index in [1.165, 1.54) is 18.9 Å². The Bertz CT molecular complexity index is 1270. The van der Waals surface area contributed by atoms with Gasteiger partial charge in [-0.2, -0.15) is 5.10 Å². The van der Waals surface area contributed by atoms with Gasteiger partial charge in [0.25, 0.3) is 5.91 Å². The van der Waals surface area contributed by atoms with Gasteiger partial charge in [-0.3, -0.25) is 19.9 Å². The van der Waals surface area contributed by atoms with Crippen LogP contribution in [0.25, 0.3) is 0 Å². The summed E-state index contributed by atoms with van der Waals surface area (Å²) in [5.41, 5.74) is 5.18. The van der Waals surface area contributed by atoms with Crippen molar-refractivity contribution in [3.05, 3.63) is 70.9 Å². The number of fused-ring (bicyclic) bond motifs is 1. The van der Waals surface area contributed by atoms with Crippen LogP contribution in [0.1, 0.15) is 35.8 Å². The molecule has 1 N–H and O–H groups in total. The summed E-state index contributed by atoms with van der Waals surface area (Å²) in [4.78, 5) is 43.9. The Kier molecular flexibility index (Phi) is 6.51. The van der Waals surface area contributed by atoms with Gasteiger partial charge in [-0.1, -0.05) is 24.3 Å². The Balaban J connectivity index is 1.72. The number of hydrogen-bond donors (Lipinski definition) is 1. The first-order chi connectivity index (χ1) is 16.3. The molecule has 34 heavy (non-hydrogen) atoms. The van der Waals surface area contributed by atoms with E-state index < -0.39 is 17.9 Å². The minimum absolute atomic E-state index is 0.127. The van der Waals surface area contributed by atoms with Crippen molar-refractivity contribution >= 4 is 45.3 Å². The molecule has 2 aromatic rings. The van der Waals surface area contributed by atoms with Gasteiger partial charge in [-0.25, -0.2) is 9.79 Å². The van der Waals surface area contributed by atoms with Gasteiger partial charge >= 0.3 is 5.97 Å². The number of amidine groups is 1. The summed E-state index contributed by atoms with van der Waals surface area (Å²) >= 11 is 1.09. The average molecular weight is 479 g/mol. The molecule has 0 saturated carbocycles. The highest BCUT2D eigenvalue weighted by Crippen LogP contribution is 2.42. The second-order valence-corrected chi connectivity index (χ2v) is 8.42. The molecular formula is C24H22N4O5S. The third-order valence-electron chi connectivity index (χ3n) is 5.40. The molecule has 10 heteroatoms. The number of methoxy groups -OCH3 is 2. The van der Waals surface area contributed by atoms with Crippen LogP contribution in [-0.2, 0) is 14.3 Å². The average Bonchev–Trinajstić information content (AvgIpc) is 3.16. The molecule has 4 rings (SSSR count). The molecule has 174 valence electrons. The number of ether oxygens (including phenoxy) is 2. The monoisotopic (exact) mass is 478 g/mol. The molecule has 0 radical (unpaired) electrons. The minimum Gasteiger partial charge on any atom is -0.497 e. The highest BCUT2D eigenvalue weighted by Gasteiger charge is 2.46. The largest absolute Gasteiger partial charge is 0.497 e. The van der Waals surface area contributed by atoms with E-state index in [-0.39, 0.29) is 16.4 Å². The Morgan fingerprint density at radius 2 is 1.82 bits per heavy atom. The fourth-order valence-electron chi connectivity index (χ4n) is 3.74. The van der Waals surface area contributed by atoms with Crippen molar-refractivity contribution in [3.63, 3.8) is 0 Å². The zero-order valence-corrected chi connectivity index (χ0v) is 19.8. The van der Waals surface area contributed by atoms with Gasteiger partial charge in [0.15, 0.2) is 16.0 Å². The van der Waals surface area contributed by atoms with E-state index in [1.54, 1.807) is 62.6 Å². The number of para-hydroxylation sites is 1. The van der Waals surface area contributed by atoms with E-state index in [0.717, 1.165) is 11.8 Å². The lowest BCUT2D eigenvalue weighted by Gasteiger charge is -2.32. The van der Waals surface area contributed by atoms with E-state index in [0.29, 0.717) is 33.4 Å². The first-order valence-electron chi connectivity index (χ1n) is 10.3. The molecule has 9 nitrogen and oxygen atoms in total. The van der Waals surface area contributed by atoms with Crippen molar-refractivity contribution in [2.75, 3.05) is 19.6 Å². The van der Waals surface area contributed by atoms with Gasteiger partial charge in [-0.15, -0.1) is 0 Å². The highest BCUT2D eigenvalue weighted by molar-refractivity contribution is 8.29. The number of nitrogens with one attached hydrogen (secondary N) is 1. The Morgan fingerprint density at radius 1 is 1.12 bits per heavy atom. The number of Topliss-reactive ketones (excluding diaryl/α,β-unsaturated/α-hetero) is 1. The van der Waals surface area contributed by atoms with E-state index in [9.17, 15) is 14.4 Å². The fourth-order valence-corrected chi connectivity index (χ4v) is 4.66. The lowest BCUT2D eigenvalue weighted by Crippen LogP contribution is -2.40. The number of allylic oxidation sites excluding steroid dienone is 1. The molecule has 1 atom stereocenters. The third kappa shape index (κ3) is 4.19. The van der Waals surface area contributed by atoms with E-state index in [4.69, 9.17) is 9.47 Å². The number of hydrazone groups is 1. The van der Waals surface area contributed by atoms with Gasteiger partial charge in [0.05, 0.1) is 37.2 Å². The van der Waals surface area contributed by atoms with Crippen LogP contribution in [0.15, 0.2) is 69.9 Å². The quantitative estimate of drug-likeness (QED) is 0.382. The number of hydrogen-bond acceptors (Lipinski definition) is 9. The van der Waals surface area contributed by atoms with Crippen LogP contribution in [-0.4, -0.2) is 47.0 Å². The molecule has 1 fully saturated rings. The molecule has 2 heterocycles. The highest BCUT2D eigenvalue weighted by atomic mass is 32.2. The zero-order chi connectivity index (χ0) is 24.4. The van der Waals surface area contributed by atoms with Crippen molar-refractivity contribution in [1.82, 2.24) is 4.90 Å². The van der Waals surface area contributed by atoms with Crippen molar-refractivity contribution in [2.45, 2.75) is 19.9 Å². The van der Waals surface area contributed by atoms with E-state index in [1.807, 2.05) is 0 Å². The first-order valence-corrected chi connectivity index (χ1v) is 11.1. The Hall–Kier alpha value is -3.92. The van der Waals surface area contributed by atoms with Gasteiger partial charge in [0.1, 0.15) is 5.75 Å². The molecule has 2 aliphatic rings. The van der Waals surface area contributed by atoms with Crippen LogP contribution < -0.4 is 10.2 Å². The third-order valence-corrected chi connectivity index (χ3v) is 6.33. The van der Waals surface area contributed by atoms with Crippen molar-refractivity contribution in [3.8, 4) is 5.75 Å². The van der Waals surface area contributed by atoms with Crippen LogP contribution >= 0.6 is 11.8 Å². The summed E-state index contributed by atoms with van der Waals surface area (Å²) in [5.74, 6) is -0.479. The molecule has 2 aliphatic heterocycles. The lowest BCUT2D eigenvalue weighted by molar-refractivity contribution is -0.137. The van der Waals surface area contributed by atoms with Crippen molar-refractivity contribution in [1.29, 1.82) is 0 Å². The van der Waals surface area contributed by atoms with E-state index in [2.05, 4.69) is 15.5 Å². The number of benzene rings is 2. The molecule has 1 amide bonds. The van der Waals surface area contributed by atoms with Crippen LogP contribution in [0, 0.1) is 0 Å². The maximum absolute atomic E-state index is 13.4. The summed E-state index contributed by atoms with van der Waals surface area (Å²) in [6.07, 6.45) is 0. The molecule has 2 aromatic carbocycles. The second-order valence-electron chi connectivity index (χ2n) is 7.47. The number of amides is 1. The summed E-state index contributed by atoms with van der Waals surface area (Å²) < 4.78 is 10.2. The van der Waals surface area contributed by atoms with E-state index >= 15 is 0 Å². The first kappa shape index (κ1) is 23.2. The van der Waals surface area contributed by atoms with Crippen molar-refractivity contribution < 1.29 is 23.9 Å². The van der Waals surface area contributed by atoms with Gasteiger partial charge in [-0.05, 0) is 55.4 Å². The normalized spacial score (nSPS) is 18.5. The molecular weight excluding hydrogens is 456 g/mol. The fraction of sp³-hybridized carbons (Fsp3) is 0.208. The Labute approximate surface area is 200 Å². The molecule has 1 unspecified atom stereocenters. The van der Waals surface area contributed by atoms with Crippen LogP contribution in [0.3, 0.4) is 0 Å². The lowest BCUT2D eigenvalue weighted by atomic mass is 9.94. The van der Waals surface area contributed by atoms with Crippen molar-refractivity contribution in [2.24, 2.45) is 10.1 Å². The number of esters is 1. The standard InChI is InChI=1S/C24H22N4O5S/c1-13-19(23(31)33-4)20(15-9-11-16(32-3)12-10-15)28-22(30)21(34-24(28)25-13)27-26-18-8-6-5-7-17(18)14(2)29/h5-12,20,26H,1-4H3/b27-21-. The molecule has 0 spiro atoms. The smallest absolute Gasteiger partial charge is 0.338 e. The summed E-state index contributed by atoms with van der Waals surface area (Å²) in [6.45, 7) is 3.16. The number of anilines is 1. The number of thioether (sulfide) groups is 1. The number of carbonyl (C=O) groups excluding carboxylic acids is 3. The van der Waals surface area contributed by atoms with Gasteiger partial charge in [0, 0.05) is 5.56 Å². The summed E-state index contributed by atoms with van der Waals surface area (Å²) in [7, 11) is 2.85. The topological polar surface area (TPSA) is 110 Å². The number of rotatable bonds is 6. The van der Waals surface area contributed by atoms with Gasteiger partial charge in [0.2, 0.25) is 0 Å². The molecule has 0 aromatic heterocycles. The minimum atomic E-state index is -0.747. The molecule has 1 saturated heterocycles. The maximum Gasteiger partial charge on any atom is 0.338 e. The van der Waals surface area contributed by atoms with Crippen LogP contribution in [0.2, 0.25) is 0 Å². The number of aliphatic imine (C=N–C) groups is 1. The van der Waals surface area contributed by atoms with Crippen LogP contribution in [0.5, 0.6) is 5.75 Å². The Morgan fingerprint density at radius 3 is 2.47 bits per heavy atom. The van der Waals surface area contributed by atoms with Gasteiger partial charge < -0.3 is 9.47 Å². The zero-order valence-electron chi connectivity index (χ0n) is 19.0. The number of carbonyl (C=O) groups is 3. The predicted molar refractivity (Wildman–Crippen MR) is 130 cm³/mol.